The molecule has 1 aromatic carbocycles. The first-order valence-corrected chi connectivity index (χ1v) is 11.0. The molecule has 0 bridgehead atoms. The van der Waals surface area contributed by atoms with Gasteiger partial charge >= 0.3 is 6.18 Å². The molecule has 3 rings (SSSR count). The summed E-state index contributed by atoms with van der Waals surface area (Å²) in [7, 11) is 1.69. The Labute approximate surface area is 210 Å². The van der Waals surface area contributed by atoms with Gasteiger partial charge in [0.2, 0.25) is 5.91 Å². The monoisotopic (exact) mass is 577 g/mol. The Balaban J connectivity index is 0.00000385. The normalized spacial score (nSPS) is 17.6. The van der Waals surface area contributed by atoms with Crippen molar-refractivity contribution in [1.82, 2.24) is 20.0 Å². The number of alkyl halides is 3. The van der Waals surface area contributed by atoms with Crippen LogP contribution >= 0.6 is 24.0 Å². The van der Waals surface area contributed by atoms with Crippen LogP contribution in [0.5, 0.6) is 0 Å². The fourth-order valence-corrected chi connectivity index (χ4v) is 3.93. The molecule has 33 heavy (non-hydrogen) atoms. The van der Waals surface area contributed by atoms with Crippen molar-refractivity contribution in [2.24, 2.45) is 4.99 Å². The molecule has 0 aromatic heterocycles. The van der Waals surface area contributed by atoms with Crippen LogP contribution in [0.25, 0.3) is 0 Å². The summed E-state index contributed by atoms with van der Waals surface area (Å²) in [5, 5.41) is 3.15. The number of rotatable bonds is 3. The van der Waals surface area contributed by atoms with Crippen molar-refractivity contribution in [2.45, 2.75) is 25.4 Å². The Hall–Kier alpha value is -2.00. The molecule has 1 amide bonds. The lowest BCUT2D eigenvalue weighted by molar-refractivity contribution is -0.137. The Kier molecular flexibility index (Phi) is 10.8. The fourth-order valence-electron chi connectivity index (χ4n) is 3.93. The zero-order valence-electron chi connectivity index (χ0n) is 18.8. The van der Waals surface area contributed by atoms with E-state index in [0.717, 1.165) is 64.2 Å². The second-order valence-electron chi connectivity index (χ2n) is 7.99. The molecular weight excluding hydrogens is 546 g/mol. The van der Waals surface area contributed by atoms with Gasteiger partial charge in [-0.15, -0.1) is 24.0 Å². The molecule has 0 unspecified atom stereocenters. The first-order chi connectivity index (χ1) is 15.4. The Morgan fingerprint density at radius 1 is 1.06 bits per heavy atom. The molecule has 0 atom stereocenters. The van der Waals surface area contributed by atoms with Crippen LogP contribution in [0.1, 0.15) is 30.4 Å². The van der Waals surface area contributed by atoms with E-state index in [-0.39, 0.29) is 36.4 Å². The van der Waals surface area contributed by atoms with Gasteiger partial charge in [0.15, 0.2) is 5.96 Å². The van der Waals surface area contributed by atoms with Crippen molar-refractivity contribution < 1.29 is 18.0 Å². The summed E-state index contributed by atoms with van der Waals surface area (Å²) in [6.07, 6.45) is -0.978. The van der Waals surface area contributed by atoms with Crippen LogP contribution < -0.4 is 5.32 Å². The zero-order valence-corrected chi connectivity index (χ0v) is 21.2. The summed E-state index contributed by atoms with van der Waals surface area (Å²) in [5.41, 5.74) is -0.381. The number of piperazine rings is 1. The summed E-state index contributed by atoms with van der Waals surface area (Å²) in [4.78, 5) is 23.0. The molecule has 2 saturated heterocycles. The summed E-state index contributed by atoms with van der Waals surface area (Å²) in [6, 6.07) is 4.99. The van der Waals surface area contributed by atoms with Gasteiger partial charge in [0.1, 0.15) is 0 Å². The predicted molar refractivity (Wildman–Crippen MR) is 134 cm³/mol. The molecule has 2 heterocycles. The molecule has 0 radical (unpaired) electrons. The maximum Gasteiger partial charge on any atom is 0.416 e. The molecule has 0 spiro atoms. The quantitative estimate of drug-likeness (QED) is 0.260. The van der Waals surface area contributed by atoms with E-state index in [4.69, 9.17) is 0 Å². The van der Waals surface area contributed by atoms with Gasteiger partial charge in [-0.3, -0.25) is 14.7 Å². The average molecular weight is 577 g/mol. The van der Waals surface area contributed by atoms with Crippen molar-refractivity contribution in [3.63, 3.8) is 0 Å². The van der Waals surface area contributed by atoms with Gasteiger partial charge in [-0.05, 0) is 37.5 Å². The topological polar surface area (TPSA) is 51.2 Å². The number of hydrogen-bond donors (Lipinski definition) is 1. The predicted octanol–water partition coefficient (Wildman–Crippen LogP) is 2.88. The van der Waals surface area contributed by atoms with Crippen LogP contribution in [0.4, 0.5) is 13.2 Å². The lowest BCUT2D eigenvalue weighted by Gasteiger charge is -2.37. The third-order valence-corrected chi connectivity index (χ3v) is 5.71. The highest BCUT2D eigenvalue weighted by Gasteiger charge is 2.30. The minimum Gasteiger partial charge on any atom is -0.345 e. The van der Waals surface area contributed by atoms with E-state index in [1.807, 2.05) is 4.90 Å². The summed E-state index contributed by atoms with van der Waals surface area (Å²) >= 11 is 0. The highest BCUT2D eigenvalue weighted by Crippen LogP contribution is 2.29. The number of aliphatic imine (C=N–C) groups is 1. The average Bonchev–Trinajstić information content (AvgIpc) is 2.80. The molecule has 2 fully saturated rings. The van der Waals surface area contributed by atoms with Gasteiger partial charge in [-0.25, -0.2) is 0 Å². The van der Waals surface area contributed by atoms with Crippen LogP contribution in [0.2, 0.25) is 0 Å². The van der Waals surface area contributed by atoms with E-state index >= 15 is 0 Å². The van der Waals surface area contributed by atoms with Crippen molar-refractivity contribution in [3.8, 4) is 11.8 Å². The third-order valence-electron chi connectivity index (χ3n) is 5.71. The lowest BCUT2D eigenvalue weighted by Crippen LogP contribution is -2.54. The SMILES string of the molecule is CN=C(NCC#Cc1cccc(C(F)(F)F)c1)N1CCN(CC(=O)N2CCCCC2)CC1.I. The largest absolute Gasteiger partial charge is 0.416 e. The maximum absolute atomic E-state index is 12.8. The molecule has 0 saturated carbocycles. The van der Waals surface area contributed by atoms with Crippen LogP contribution in [-0.2, 0) is 11.0 Å². The minimum absolute atomic E-state index is 0. The highest BCUT2D eigenvalue weighted by molar-refractivity contribution is 14.0. The van der Waals surface area contributed by atoms with Gasteiger partial charge in [-0.1, -0.05) is 17.9 Å². The number of nitrogens with zero attached hydrogens (tertiary/aromatic N) is 4. The number of halogens is 4. The molecule has 2 aliphatic heterocycles. The molecule has 182 valence electrons. The Morgan fingerprint density at radius 3 is 2.39 bits per heavy atom. The fraction of sp³-hybridized carbons (Fsp3) is 0.565. The number of nitrogens with one attached hydrogen (secondary N) is 1. The molecular formula is C23H31F3IN5O. The maximum atomic E-state index is 12.8. The van der Waals surface area contributed by atoms with Crippen LogP contribution in [0, 0.1) is 11.8 Å². The molecule has 10 heteroatoms. The number of benzene rings is 1. The first-order valence-electron chi connectivity index (χ1n) is 11.0. The molecule has 1 N–H and O–H groups in total. The number of carbonyl (C=O) groups excluding carboxylic acids is 1. The van der Waals surface area contributed by atoms with Gasteiger partial charge in [0.05, 0.1) is 18.7 Å². The standard InChI is InChI=1S/C23H30F3N5O.HI/c1-27-22(28-10-6-8-19-7-5-9-20(17-19)23(24,25)26)31-15-13-29(14-16-31)18-21(32)30-11-3-2-4-12-30;/h5,7,9,17H,2-4,10-16,18H2,1H3,(H,27,28);1H. The van der Waals surface area contributed by atoms with Crippen LogP contribution in [0.15, 0.2) is 29.3 Å². The zero-order chi connectivity index (χ0) is 23.0. The van der Waals surface area contributed by atoms with E-state index in [2.05, 4.69) is 31.9 Å². The van der Waals surface area contributed by atoms with Gasteiger partial charge in [0, 0.05) is 51.9 Å². The van der Waals surface area contributed by atoms with Gasteiger partial charge < -0.3 is 15.1 Å². The molecule has 1 aromatic rings. The van der Waals surface area contributed by atoms with Crippen molar-refractivity contribution in [1.29, 1.82) is 0 Å². The smallest absolute Gasteiger partial charge is 0.345 e. The number of guanidine groups is 1. The van der Waals surface area contributed by atoms with E-state index in [1.54, 1.807) is 13.1 Å². The van der Waals surface area contributed by atoms with Gasteiger partial charge in [0.25, 0.3) is 0 Å². The van der Waals surface area contributed by atoms with Crippen molar-refractivity contribution in [2.75, 3.05) is 59.4 Å². The van der Waals surface area contributed by atoms with E-state index in [0.29, 0.717) is 18.1 Å². The van der Waals surface area contributed by atoms with Crippen LogP contribution in [0.3, 0.4) is 0 Å². The molecule has 0 aliphatic carbocycles. The first kappa shape index (κ1) is 27.2. The van der Waals surface area contributed by atoms with Crippen LogP contribution in [-0.4, -0.2) is 86.0 Å². The van der Waals surface area contributed by atoms with E-state index in [1.165, 1.54) is 12.5 Å². The molecule has 2 aliphatic rings. The van der Waals surface area contributed by atoms with E-state index in [9.17, 15) is 18.0 Å². The number of carbonyl (C=O) groups is 1. The number of likely N-dealkylation sites (tertiary alicyclic amines) is 1. The minimum atomic E-state index is -4.38. The van der Waals surface area contributed by atoms with Gasteiger partial charge in [-0.2, -0.15) is 13.2 Å². The second kappa shape index (κ2) is 13.0. The summed E-state index contributed by atoms with van der Waals surface area (Å²) in [5.74, 6) is 6.53. The van der Waals surface area contributed by atoms with E-state index < -0.39 is 11.7 Å². The molecule has 6 nitrogen and oxygen atoms in total. The number of amides is 1. The summed E-state index contributed by atoms with van der Waals surface area (Å²) < 4.78 is 38.4. The Morgan fingerprint density at radius 2 is 1.76 bits per heavy atom. The summed E-state index contributed by atoms with van der Waals surface area (Å²) in [6.45, 7) is 5.51. The third kappa shape index (κ3) is 8.37. The van der Waals surface area contributed by atoms with Crippen molar-refractivity contribution >= 4 is 35.8 Å². The van der Waals surface area contributed by atoms with Crippen molar-refractivity contribution in [3.05, 3.63) is 35.4 Å². The second-order valence-corrected chi connectivity index (χ2v) is 7.99. The Bertz CT molecular complexity index is 867. The lowest BCUT2D eigenvalue weighted by atomic mass is 10.1. The number of hydrogen-bond acceptors (Lipinski definition) is 3. The number of piperidine rings is 1. The highest BCUT2D eigenvalue weighted by atomic mass is 127.